The molecule has 1 unspecified atom stereocenters. The maximum Gasteiger partial charge on any atom is 0.271 e. The second-order valence-corrected chi connectivity index (χ2v) is 3.54. The minimum atomic E-state index is -0.973. The van der Waals surface area contributed by atoms with Crippen molar-refractivity contribution in [2.45, 2.75) is 12.6 Å². The molecule has 1 atom stereocenters. The number of aliphatic hydroxyl groups is 2. The lowest BCUT2D eigenvalue weighted by Gasteiger charge is -2.06. The highest BCUT2D eigenvalue weighted by Gasteiger charge is 2.13. The Labute approximate surface area is 95.2 Å². The van der Waals surface area contributed by atoms with Gasteiger partial charge in [-0.25, -0.2) is 4.68 Å². The minimum absolute atomic E-state index is 0.0359. The number of hydrogen-bond donors (Lipinski definition) is 2. The summed E-state index contributed by atoms with van der Waals surface area (Å²) in [6.07, 6.45) is -0.973. The number of aromatic nitrogens is 3. The van der Waals surface area contributed by atoms with Gasteiger partial charge in [-0.1, -0.05) is 5.21 Å². The van der Waals surface area contributed by atoms with Gasteiger partial charge >= 0.3 is 0 Å². The zero-order valence-corrected chi connectivity index (χ0v) is 8.72. The van der Waals surface area contributed by atoms with Crippen LogP contribution < -0.4 is 0 Å². The molecule has 0 aliphatic rings. The number of non-ortho nitro benzene ring substituents is 1. The van der Waals surface area contributed by atoms with Crippen molar-refractivity contribution in [3.63, 3.8) is 0 Å². The fourth-order valence-corrected chi connectivity index (χ4v) is 1.46. The lowest BCUT2D eigenvalue weighted by Crippen LogP contribution is -2.20. The Balaban J connectivity index is 2.43. The molecule has 0 saturated carbocycles. The van der Waals surface area contributed by atoms with Gasteiger partial charge in [-0.3, -0.25) is 10.1 Å². The average molecular weight is 238 g/mol. The highest BCUT2D eigenvalue weighted by molar-refractivity contribution is 5.77. The van der Waals surface area contributed by atoms with Gasteiger partial charge in [-0.05, 0) is 6.07 Å². The fraction of sp³-hybridized carbons (Fsp3) is 0.333. The van der Waals surface area contributed by atoms with Crippen LogP contribution in [0, 0.1) is 10.1 Å². The Kier molecular flexibility index (Phi) is 2.98. The van der Waals surface area contributed by atoms with Crippen molar-refractivity contribution >= 4 is 16.7 Å². The number of nitro benzene ring substituents is 1. The molecule has 0 radical (unpaired) electrons. The molecule has 0 aliphatic carbocycles. The number of nitrogens with zero attached hydrogens (tertiary/aromatic N) is 4. The molecular weight excluding hydrogens is 228 g/mol. The molecular formula is C9H10N4O4. The van der Waals surface area contributed by atoms with Gasteiger partial charge in [0.1, 0.15) is 5.52 Å². The van der Waals surface area contributed by atoms with Crippen molar-refractivity contribution in [2.24, 2.45) is 0 Å². The van der Waals surface area contributed by atoms with Crippen LogP contribution in [0.4, 0.5) is 5.69 Å². The summed E-state index contributed by atoms with van der Waals surface area (Å²) in [7, 11) is 0. The quantitative estimate of drug-likeness (QED) is 0.558. The van der Waals surface area contributed by atoms with Gasteiger partial charge < -0.3 is 10.2 Å². The summed E-state index contributed by atoms with van der Waals surface area (Å²) >= 11 is 0. The van der Waals surface area contributed by atoms with Crippen LogP contribution in [-0.4, -0.2) is 42.8 Å². The van der Waals surface area contributed by atoms with Crippen LogP contribution in [0.2, 0.25) is 0 Å². The molecule has 0 saturated heterocycles. The van der Waals surface area contributed by atoms with E-state index in [0.29, 0.717) is 11.0 Å². The van der Waals surface area contributed by atoms with Crippen molar-refractivity contribution in [1.29, 1.82) is 0 Å². The molecule has 0 spiro atoms. The van der Waals surface area contributed by atoms with Crippen LogP contribution in [0.1, 0.15) is 0 Å². The van der Waals surface area contributed by atoms with E-state index >= 15 is 0 Å². The number of benzene rings is 1. The molecule has 1 heterocycles. The van der Waals surface area contributed by atoms with E-state index in [1.165, 1.54) is 22.9 Å². The monoisotopic (exact) mass is 238 g/mol. The second-order valence-electron chi connectivity index (χ2n) is 3.54. The number of rotatable bonds is 4. The summed E-state index contributed by atoms with van der Waals surface area (Å²) in [6, 6.07) is 4.16. The van der Waals surface area contributed by atoms with Gasteiger partial charge in [0.25, 0.3) is 5.69 Å². The Morgan fingerprint density at radius 2 is 2.29 bits per heavy atom. The van der Waals surface area contributed by atoms with Crippen LogP contribution in [0.5, 0.6) is 0 Å². The van der Waals surface area contributed by atoms with Crippen molar-refractivity contribution in [1.82, 2.24) is 15.0 Å². The first kappa shape index (κ1) is 11.4. The standard InChI is InChI=1S/C9H10N4O4/c14-5-7(15)4-12-9-3-6(13(16)17)1-2-8(9)10-11-12/h1-3,7,14-15H,4-5H2. The highest BCUT2D eigenvalue weighted by atomic mass is 16.6. The summed E-state index contributed by atoms with van der Waals surface area (Å²) in [6.45, 7) is -0.371. The number of nitro groups is 1. The smallest absolute Gasteiger partial charge is 0.271 e. The number of hydrogen-bond acceptors (Lipinski definition) is 6. The minimum Gasteiger partial charge on any atom is -0.394 e. The van der Waals surface area contributed by atoms with Crippen molar-refractivity contribution in [3.05, 3.63) is 28.3 Å². The van der Waals surface area contributed by atoms with E-state index in [4.69, 9.17) is 5.11 Å². The van der Waals surface area contributed by atoms with Crippen LogP contribution in [0.15, 0.2) is 18.2 Å². The lowest BCUT2D eigenvalue weighted by molar-refractivity contribution is -0.384. The summed E-state index contributed by atoms with van der Waals surface area (Å²) in [4.78, 5) is 10.1. The SMILES string of the molecule is O=[N+]([O-])c1ccc2nnn(CC(O)CO)c2c1. The van der Waals surface area contributed by atoms with Crippen LogP contribution in [0.3, 0.4) is 0 Å². The van der Waals surface area contributed by atoms with Crippen LogP contribution in [0.25, 0.3) is 11.0 Å². The molecule has 8 nitrogen and oxygen atoms in total. The normalized spacial score (nSPS) is 12.8. The van der Waals surface area contributed by atoms with Gasteiger partial charge in [0.15, 0.2) is 0 Å². The van der Waals surface area contributed by atoms with Gasteiger partial charge in [-0.15, -0.1) is 5.10 Å². The topological polar surface area (TPSA) is 114 Å². The summed E-state index contributed by atoms with van der Waals surface area (Å²) in [5.41, 5.74) is 0.881. The predicted molar refractivity (Wildman–Crippen MR) is 57.3 cm³/mol. The summed E-state index contributed by atoms with van der Waals surface area (Å²) in [5.74, 6) is 0. The first-order chi connectivity index (χ1) is 8.11. The largest absolute Gasteiger partial charge is 0.394 e. The molecule has 17 heavy (non-hydrogen) atoms. The zero-order valence-electron chi connectivity index (χ0n) is 8.72. The van der Waals surface area contributed by atoms with Gasteiger partial charge in [0.2, 0.25) is 0 Å². The lowest BCUT2D eigenvalue weighted by atomic mass is 10.2. The predicted octanol–water partition coefficient (Wildman–Crippen LogP) is -0.307. The van der Waals surface area contributed by atoms with E-state index in [2.05, 4.69) is 10.3 Å². The summed E-state index contributed by atoms with van der Waals surface area (Å²) in [5, 5.41) is 36.2. The highest BCUT2D eigenvalue weighted by Crippen LogP contribution is 2.18. The molecule has 1 aromatic heterocycles. The second kappa shape index (κ2) is 4.44. The Morgan fingerprint density at radius 1 is 1.53 bits per heavy atom. The fourth-order valence-electron chi connectivity index (χ4n) is 1.46. The van der Waals surface area contributed by atoms with Crippen LogP contribution in [-0.2, 0) is 6.54 Å². The van der Waals surface area contributed by atoms with E-state index < -0.39 is 17.6 Å². The molecule has 0 amide bonds. The van der Waals surface area contributed by atoms with Crippen molar-refractivity contribution in [3.8, 4) is 0 Å². The molecule has 2 rings (SSSR count). The van der Waals surface area contributed by atoms with E-state index in [9.17, 15) is 15.2 Å². The van der Waals surface area contributed by atoms with Gasteiger partial charge in [-0.2, -0.15) is 0 Å². The molecule has 90 valence electrons. The zero-order chi connectivity index (χ0) is 12.4. The van der Waals surface area contributed by atoms with Gasteiger partial charge in [0, 0.05) is 12.1 Å². The molecule has 2 aromatic rings. The number of aliphatic hydroxyl groups excluding tert-OH is 2. The van der Waals surface area contributed by atoms with E-state index in [0.717, 1.165) is 0 Å². The number of fused-ring (bicyclic) bond motifs is 1. The Hall–Kier alpha value is -2.06. The average Bonchev–Trinajstić information content (AvgIpc) is 2.71. The first-order valence-electron chi connectivity index (χ1n) is 4.88. The Bertz CT molecular complexity index is 553. The summed E-state index contributed by atoms with van der Waals surface area (Å²) < 4.78 is 1.32. The molecule has 8 heteroatoms. The van der Waals surface area contributed by atoms with Crippen molar-refractivity contribution in [2.75, 3.05) is 6.61 Å². The van der Waals surface area contributed by atoms with E-state index in [-0.39, 0.29) is 12.2 Å². The molecule has 1 aromatic carbocycles. The third-order valence-electron chi connectivity index (χ3n) is 2.30. The van der Waals surface area contributed by atoms with Gasteiger partial charge in [0.05, 0.1) is 29.7 Å². The molecule has 2 N–H and O–H groups in total. The maximum absolute atomic E-state index is 10.6. The first-order valence-corrected chi connectivity index (χ1v) is 4.88. The van der Waals surface area contributed by atoms with E-state index in [1.54, 1.807) is 0 Å². The van der Waals surface area contributed by atoms with Crippen molar-refractivity contribution < 1.29 is 15.1 Å². The Morgan fingerprint density at radius 3 is 2.94 bits per heavy atom. The maximum atomic E-state index is 10.6. The third kappa shape index (κ3) is 2.22. The molecule has 0 fully saturated rings. The third-order valence-corrected chi connectivity index (χ3v) is 2.30. The van der Waals surface area contributed by atoms with Crippen LogP contribution >= 0.6 is 0 Å². The molecule has 0 bridgehead atoms. The molecule has 0 aliphatic heterocycles. The van der Waals surface area contributed by atoms with E-state index in [1.807, 2.05) is 0 Å².